The predicted octanol–water partition coefficient (Wildman–Crippen LogP) is -2.59. The fraction of sp³-hybridized carbons (Fsp3) is 0.444. The van der Waals surface area contributed by atoms with Crippen molar-refractivity contribution < 1.29 is 86.5 Å². The summed E-state index contributed by atoms with van der Waals surface area (Å²) in [6.45, 7) is -1.78. The molecular weight excluding hydrogens is 660 g/mol. The van der Waals surface area contributed by atoms with Gasteiger partial charge in [0.2, 0.25) is 17.5 Å². The first-order valence-corrected chi connectivity index (χ1v) is 15.0. The molecule has 2 aliphatic heterocycles. The minimum atomic E-state index is -4.98. The maximum Gasteiger partial charge on any atom is 0.397 e. The first-order valence-electron chi connectivity index (χ1n) is 13.7. The molecule has 2 saturated heterocycles. The quantitative estimate of drug-likeness (QED) is 0.103. The highest BCUT2D eigenvalue weighted by Gasteiger charge is 2.48. The van der Waals surface area contributed by atoms with E-state index < -0.39 is 113 Å². The molecule has 2 aromatic carbocycles. The van der Waals surface area contributed by atoms with Gasteiger partial charge < -0.3 is 69.3 Å². The van der Waals surface area contributed by atoms with Gasteiger partial charge in [-0.15, -0.1) is 0 Å². The number of aliphatic hydroxyl groups is 6. The third-order valence-corrected chi connectivity index (χ3v) is 7.86. The van der Waals surface area contributed by atoms with Crippen LogP contribution in [0.15, 0.2) is 45.6 Å². The molecule has 0 radical (unpaired) electrons. The third-order valence-electron chi connectivity index (χ3n) is 7.42. The Hall–Kier alpha value is -3.64. The van der Waals surface area contributed by atoms with Crippen LogP contribution in [0, 0.1) is 0 Å². The van der Waals surface area contributed by atoms with E-state index in [1.807, 2.05) is 0 Å². The highest BCUT2D eigenvalue weighted by Crippen LogP contribution is 2.37. The van der Waals surface area contributed by atoms with Crippen LogP contribution in [-0.4, -0.2) is 134 Å². The van der Waals surface area contributed by atoms with Gasteiger partial charge in [0.1, 0.15) is 77.0 Å². The number of fused-ring (bicyclic) bond motifs is 1. The lowest BCUT2D eigenvalue weighted by Gasteiger charge is -2.42. The van der Waals surface area contributed by atoms with Crippen molar-refractivity contribution in [2.75, 3.05) is 13.2 Å². The van der Waals surface area contributed by atoms with E-state index in [1.54, 1.807) is 0 Å². The SMILES string of the molecule is O=c1c(O[C@@H]2OC(CO[C@@H]3OC(COS(=O)(=O)O)[C@@H](O)C(O)C3O)[C@@H](O)C(O)C2O)c(-c2ccc(O)cc2)oc2cc(O)cc(O)c12. The topological polar surface area (TPSA) is 313 Å². The Morgan fingerprint density at radius 1 is 0.723 bits per heavy atom. The second-order valence-electron chi connectivity index (χ2n) is 10.7. The van der Waals surface area contributed by atoms with Crippen LogP contribution in [0.4, 0.5) is 0 Å². The summed E-state index contributed by atoms with van der Waals surface area (Å²) >= 11 is 0. The number of benzene rings is 2. The third kappa shape index (κ3) is 7.28. The fourth-order valence-electron chi connectivity index (χ4n) is 4.98. The number of rotatable bonds is 9. The summed E-state index contributed by atoms with van der Waals surface area (Å²) in [5.74, 6) is -2.27. The summed E-state index contributed by atoms with van der Waals surface area (Å²) in [6, 6.07) is 7.06. The molecule has 0 aliphatic carbocycles. The van der Waals surface area contributed by atoms with Gasteiger partial charge >= 0.3 is 10.4 Å². The van der Waals surface area contributed by atoms with Gasteiger partial charge in [-0.05, 0) is 24.3 Å². The van der Waals surface area contributed by atoms with Crippen molar-refractivity contribution >= 4 is 21.4 Å². The van der Waals surface area contributed by atoms with E-state index in [9.17, 15) is 59.2 Å². The van der Waals surface area contributed by atoms with Crippen molar-refractivity contribution in [1.82, 2.24) is 0 Å². The molecule has 0 saturated carbocycles. The predicted molar refractivity (Wildman–Crippen MR) is 150 cm³/mol. The molecule has 258 valence electrons. The molecule has 10 atom stereocenters. The van der Waals surface area contributed by atoms with Crippen LogP contribution in [0.1, 0.15) is 0 Å². The number of ether oxygens (including phenoxy) is 4. The smallest absolute Gasteiger partial charge is 0.397 e. The molecule has 0 spiro atoms. The van der Waals surface area contributed by atoms with Crippen LogP contribution in [-0.2, 0) is 28.8 Å². The molecule has 2 fully saturated rings. The van der Waals surface area contributed by atoms with Crippen molar-refractivity contribution in [3.63, 3.8) is 0 Å². The Morgan fingerprint density at radius 3 is 1.91 bits per heavy atom. The summed E-state index contributed by atoms with van der Waals surface area (Å²) in [7, 11) is -4.98. The summed E-state index contributed by atoms with van der Waals surface area (Å²) < 4.78 is 62.5. The number of aliphatic hydroxyl groups excluding tert-OH is 6. The molecule has 47 heavy (non-hydrogen) atoms. The van der Waals surface area contributed by atoms with Crippen LogP contribution >= 0.6 is 0 Å². The van der Waals surface area contributed by atoms with Crippen LogP contribution in [0.5, 0.6) is 23.0 Å². The molecule has 0 bridgehead atoms. The Bertz CT molecular complexity index is 1740. The van der Waals surface area contributed by atoms with Gasteiger partial charge in [-0.2, -0.15) is 8.42 Å². The molecule has 0 amide bonds. The minimum Gasteiger partial charge on any atom is -0.508 e. The van der Waals surface area contributed by atoms with E-state index in [0.29, 0.717) is 0 Å². The highest BCUT2D eigenvalue weighted by atomic mass is 32.3. The van der Waals surface area contributed by atoms with Crippen LogP contribution in [0.3, 0.4) is 0 Å². The molecule has 10 N–H and O–H groups in total. The number of phenolic OH excluding ortho intramolecular Hbond substituents is 3. The summed E-state index contributed by atoms with van der Waals surface area (Å²) in [6.07, 6.45) is -18.7. The van der Waals surface area contributed by atoms with Gasteiger partial charge in [-0.1, -0.05) is 0 Å². The normalized spacial score (nSPS) is 31.6. The van der Waals surface area contributed by atoms with Crippen molar-refractivity contribution in [2.24, 2.45) is 0 Å². The van der Waals surface area contributed by atoms with E-state index in [0.717, 1.165) is 12.1 Å². The van der Waals surface area contributed by atoms with Crippen molar-refractivity contribution in [1.29, 1.82) is 0 Å². The van der Waals surface area contributed by atoms with Crippen molar-refractivity contribution in [2.45, 2.75) is 61.4 Å². The van der Waals surface area contributed by atoms with E-state index >= 15 is 0 Å². The van der Waals surface area contributed by atoms with Crippen LogP contribution < -0.4 is 10.2 Å². The molecule has 2 aliphatic rings. The zero-order valence-electron chi connectivity index (χ0n) is 23.7. The van der Waals surface area contributed by atoms with Crippen molar-refractivity contribution in [3.8, 4) is 34.3 Å². The summed E-state index contributed by atoms with van der Waals surface area (Å²) in [5, 5.41) is 92.0. The first-order chi connectivity index (χ1) is 22.1. The maximum atomic E-state index is 13.6. The van der Waals surface area contributed by atoms with Gasteiger partial charge in [-0.25, -0.2) is 4.18 Å². The molecule has 3 aromatic rings. The lowest BCUT2D eigenvalue weighted by molar-refractivity contribution is -0.322. The fourth-order valence-corrected chi connectivity index (χ4v) is 5.29. The molecule has 19 nitrogen and oxygen atoms in total. The Morgan fingerprint density at radius 2 is 1.30 bits per heavy atom. The summed E-state index contributed by atoms with van der Waals surface area (Å²) in [5.41, 5.74) is -1.14. The molecule has 5 rings (SSSR count). The van der Waals surface area contributed by atoms with E-state index in [1.165, 1.54) is 24.3 Å². The molecule has 3 heterocycles. The average molecular weight is 691 g/mol. The van der Waals surface area contributed by atoms with Crippen LogP contribution in [0.2, 0.25) is 0 Å². The van der Waals surface area contributed by atoms with Crippen LogP contribution in [0.25, 0.3) is 22.3 Å². The van der Waals surface area contributed by atoms with Crippen molar-refractivity contribution in [3.05, 3.63) is 46.6 Å². The first kappa shape index (κ1) is 34.7. The van der Waals surface area contributed by atoms with Gasteiger partial charge in [0, 0.05) is 17.7 Å². The monoisotopic (exact) mass is 690 g/mol. The molecule has 20 heteroatoms. The van der Waals surface area contributed by atoms with Gasteiger partial charge in [0.15, 0.2) is 12.1 Å². The Balaban J connectivity index is 1.41. The van der Waals surface area contributed by atoms with Gasteiger partial charge in [0.05, 0.1) is 13.2 Å². The lowest BCUT2D eigenvalue weighted by Crippen LogP contribution is -2.62. The Labute approximate surface area is 263 Å². The van der Waals surface area contributed by atoms with Gasteiger partial charge in [0.25, 0.3) is 0 Å². The largest absolute Gasteiger partial charge is 0.508 e. The second-order valence-corrected chi connectivity index (χ2v) is 11.8. The number of hydrogen-bond acceptors (Lipinski definition) is 18. The zero-order chi connectivity index (χ0) is 34.4. The number of hydrogen-bond donors (Lipinski definition) is 10. The lowest BCUT2D eigenvalue weighted by atomic mass is 9.98. The van der Waals surface area contributed by atoms with E-state index in [4.69, 9.17) is 27.9 Å². The van der Waals surface area contributed by atoms with E-state index in [2.05, 4.69) is 4.18 Å². The maximum absolute atomic E-state index is 13.6. The second kappa shape index (κ2) is 13.5. The minimum absolute atomic E-state index is 0.141. The molecular formula is C27H30O19S. The Kier molecular flexibility index (Phi) is 9.94. The van der Waals surface area contributed by atoms with E-state index in [-0.39, 0.29) is 22.7 Å². The zero-order valence-corrected chi connectivity index (χ0v) is 24.5. The standard InChI is InChI=1S/C27H30O19S/c28-10-3-1-9(2-4-10)24-25(19(33)16-12(30)5-11(29)6-13(16)43-24)46-27-23(37)21(35)17(31)14(45-27)7-41-26-22(36)20(34)18(32)15(44-26)8-42-47(38,39)40/h1-6,14-15,17-18,20-23,26-32,34-37H,7-8H2,(H,38,39,40)/t14?,15?,17-,18-,20?,21?,22?,23?,26-,27+/m1/s1. The number of phenols is 3. The molecule has 6 unspecified atom stereocenters. The highest BCUT2D eigenvalue weighted by molar-refractivity contribution is 7.80. The average Bonchev–Trinajstić information content (AvgIpc) is 3.00. The number of aromatic hydroxyl groups is 3. The summed E-state index contributed by atoms with van der Waals surface area (Å²) in [4.78, 5) is 13.6. The van der Waals surface area contributed by atoms with Gasteiger partial charge in [-0.3, -0.25) is 9.35 Å². The molecule has 1 aromatic heterocycles.